The van der Waals surface area contributed by atoms with Gasteiger partial charge in [0, 0.05) is 96.2 Å². The van der Waals surface area contributed by atoms with Crippen LogP contribution in [0, 0.1) is 11.8 Å². The lowest BCUT2D eigenvalue weighted by atomic mass is 9.95. The number of amides is 3. The number of piperazine rings is 1. The maximum absolute atomic E-state index is 13.8. The van der Waals surface area contributed by atoms with Crippen LogP contribution in [-0.4, -0.2) is 130 Å². The third-order valence-electron chi connectivity index (χ3n) is 14.9. The number of anilines is 3. The van der Waals surface area contributed by atoms with Gasteiger partial charge in [-0.25, -0.2) is 9.78 Å². The highest BCUT2D eigenvalue weighted by Gasteiger charge is 2.62. The van der Waals surface area contributed by atoms with Gasteiger partial charge >= 0.3 is 5.69 Å². The molecule has 2 aliphatic carbocycles. The smallest absolute Gasteiger partial charge is 0.329 e. The zero-order chi connectivity index (χ0) is 41.5. The van der Waals surface area contributed by atoms with E-state index in [1.54, 1.807) is 20.2 Å². The first-order chi connectivity index (χ1) is 28.9. The van der Waals surface area contributed by atoms with Crippen molar-refractivity contribution in [2.45, 2.75) is 101 Å². The summed E-state index contributed by atoms with van der Waals surface area (Å²) in [5.74, 6) is 1.68. The number of imide groups is 1. The monoisotopic (exact) mass is 843 g/mol. The van der Waals surface area contributed by atoms with Crippen molar-refractivity contribution >= 4 is 56.4 Å². The van der Waals surface area contributed by atoms with E-state index in [9.17, 15) is 27.6 Å². The predicted molar refractivity (Wildman–Crippen MR) is 226 cm³/mol. The van der Waals surface area contributed by atoms with Crippen LogP contribution in [0.4, 0.5) is 17.5 Å². The molecule has 7 heterocycles. The molecule has 18 heteroatoms. The van der Waals surface area contributed by atoms with Gasteiger partial charge in [0.2, 0.25) is 23.7 Å². The summed E-state index contributed by atoms with van der Waals surface area (Å²) in [5.41, 5.74) is 2.75. The minimum atomic E-state index is -3.59. The van der Waals surface area contributed by atoms with E-state index < -0.39 is 27.6 Å². The molecule has 1 spiro atoms. The number of para-hydroxylation sites is 1. The van der Waals surface area contributed by atoms with E-state index >= 15 is 0 Å². The summed E-state index contributed by atoms with van der Waals surface area (Å²) >= 11 is 0. The molecular weight excluding hydrogens is 787 g/mol. The Bertz CT molecular complexity index is 2370. The Morgan fingerprint density at radius 3 is 2.30 bits per heavy atom. The number of hydrogen-bond donors (Lipinski definition) is 2. The average Bonchev–Trinajstić information content (AvgIpc) is 3.82. The van der Waals surface area contributed by atoms with Gasteiger partial charge in [0.15, 0.2) is 0 Å². The SMILES string of the molecule is CC1CCCC1N1C(=O)C2(CC2)c2cnc(NC3CCN(S(=O)(=O)N4CCN(CC5CCN(c6cccc7c6n(C)c(=O)n7C6CCC(=O)NC6=O)CC5)CC4)CC3)nc21. The highest BCUT2D eigenvalue weighted by Crippen LogP contribution is 2.58. The van der Waals surface area contributed by atoms with Crippen LogP contribution in [-0.2, 0) is 37.1 Å². The van der Waals surface area contributed by atoms with Crippen LogP contribution < -0.4 is 26.1 Å². The number of carbonyl (C=O) groups is 3. The topological polar surface area (TPSA) is 178 Å². The van der Waals surface area contributed by atoms with Crippen molar-refractivity contribution < 1.29 is 22.8 Å². The molecule has 17 nitrogen and oxygen atoms in total. The lowest BCUT2D eigenvalue weighted by Crippen LogP contribution is -2.55. The first kappa shape index (κ1) is 39.7. The van der Waals surface area contributed by atoms with Gasteiger partial charge in [-0.05, 0) is 81.8 Å². The summed E-state index contributed by atoms with van der Waals surface area (Å²) in [6.45, 7) is 8.02. The molecular formula is C42H57N11O6S. The zero-order valence-corrected chi connectivity index (χ0v) is 35.5. The molecule has 2 saturated carbocycles. The summed E-state index contributed by atoms with van der Waals surface area (Å²) in [6.07, 6.45) is 10.6. The number of piperidine rings is 3. The van der Waals surface area contributed by atoms with E-state index in [0.29, 0.717) is 81.8 Å². The fourth-order valence-corrected chi connectivity index (χ4v) is 12.8. The summed E-state index contributed by atoms with van der Waals surface area (Å²) < 4.78 is 34.1. The molecule has 322 valence electrons. The van der Waals surface area contributed by atoms with Crippen LogP contribution in [0.3, 0.4) is 0 Å². The molecule has 0 radical (unpaired) electrons. The lowest BCUT2D eigenvalue weighted by molar-refractivity contribution is -0.135. The Morgan fingerprint density at radius 2 is 1.62 bits per heavy atom. The first-order valence-electron chi connectivity index (χ1n) is 22.2. The summed E-state index contributed by atoms with van der Waals surface area (Å²) in [6, 6.07) is 5.36. The summed E-state index contributed by atoms with van der Waals surface area (Å²) in [4.78, 5) is 67.9. The first-order valence-corrected chi connectivity index (χ1v) is 23.6. The predicted octanol–water partition coefficient (Wildman–Crippen LogP) is 2.33. The van der Waals surface area contributed by atoms with E-state index in [1.165, 1.54) is 4.57 Å². The van der Waals surface area contributed by atoms with Crippen molar-refractivity contribution in [2.24, 2.45) is 18.9 Å². The number of aryl methyl sites for hydroxylation is 1. The number of nitrogens with zero attached hydrogens (tertiary/aromatic N) is 9. The minimum Gasteiger partial charge on any atom is -0.370 e. The number of imidazole rings is 1. The van der Waals surface area contributed by atoms with Crippen molar-refractivity contribution in [2.75, 3.05) is 74.0 Å². The summed E-state index contributed by atoms with van der Waals surface area (Å²) in [7, 11) is -1.85. The second-order valence-electron chi connectivity index (χ2n) is 18.4. The Kier molecular flexibility index (Phi) is 10.1. The van der Waals surface area contributed by atoms with E-state index in [4.69, 9.17) is 4.98 Å². The quantitative estimate of drug-likeness (QED) is 0.303. The van der Waals surface area contributed by atoms with Crippen LogP contribution in [0.25, 0.3) is 11.0 Å². The van der Waals surface area contributed by atoms with Gasteiger partial charge in [-0.3, -0.25) is 33.7 Å². The minimum absolute atomic E-state index is 0.0438. The molecule has 3 amide bonds. The molecule has 6 fully saturated rings. The fourth-order valence-electron chi connectivity index (χ4n) is 11.2. The van der Waals surface area contributed by atoms with Gasteiger partial charge < -0.3 is 15.1 Å². The van der Waals surface area contributed by atoms with Crippen LogP contribution in [0.5, 0.6) is 0 Å². The Balaban J connectivity index is 0.705. The average molecular weight is 844 g/mol. The van der Waals surface area contributed by atoms with E-state index in [1.807, 2.05) is 29.3 Å². The van der Waals surface area contributed by atoms with Crippen molar-refractivity contribution in [1.82, 2.24) is 37.9 Å². The lowest BCUT2D eigenvalue weighted by Gasteiger charge is -2.41. The number of benzene rings is 1. The van der Waals surface area contributed by atoms with Gasteiger partial charge in [-0.1, -0.05) is 19.4 Å². The largest absolute Gasteiger partial charge is 0.370 e. The van der Waals surface area contributed by atoms with Crippen molar-refractivity contribution in [3.63, 3.8) is 0 Å². The Hall–Kier alpha value is -4.39. The molecule has 3 aromatic rings. The van der Waals surface area contributed by atoms with Crippen LogP contribution in [0.1, 0.15) is 89.2 Å². The molecule has 0 bridgehead atoms. The Labute approximate surface area is 350 Å². The maximum atomic E-state index is 13.8. The number of rotatable bonds is 9. The number of aromatic nitrogens is 4. The Morgan fingerprint density at radius 1 is 0.883 bits per heavy atom. The summed E-state index contributed by atoms with van der Waals surface area (Å²) in [5, 5.41) is 5.88. The molecule has 2 N–H and O–H groups in total. The van der Waals surface area contributed by atoms with Gasteiger partial charge in [-0.15, -0.1) is 0 Å². The molecule has 60 heavy (non-hydrogen) atoms. The third kappa shape index (κ3) is 6.72. The highest BCUT2D eigenvalue weighted by molar-refractivity contribution is 7.86. The number of fused-ring (bicyclic) bond motifs is 3. The molecule has 1 aromatic carbocycles. The molecule has 4 saturated heterocycles. The number of nitrogens with one attached hydrogen (secondary N) is 2. The molecule has 3 unspecified atom stereocenters. The maximum Gasteiger partial charge on any atom is 0.329 e. The van der Waals surface area contributed by atoms with Gasteiger partial charge in [-0.2, -0.15) is 22.0 Å². The van der Waals surface area contributed by atoms with Gasteiger partial charge in [0.05, 0.1) is 22.1 Å². The fraction of sp³-hybridized carbons (Fsp3) is 0.667. The second kappa shape index (κ2) is 15.2. The van der Waals surface area contributed by atoms with Crippen LogP contribution in [0.2, 0.25) is 0 Å². The molecule has 5 aliphatic heterocycles. The van der Waals surface area contributed by atoms with Crippen molar-refractivity contribution in [3.8, 4) is 0 Å². The van der Waals surface area contributed by atoms with Crippen molar-refractivity contribution in [3.05, 3.63) is 40.4 Å². The second-order valence-corrected chi connectivity index (χ2v) is 20.4. The highest BCUT2D eigenvalue weighted by atomic mass is 32.2. The molecule has 3 atom stereocenters. The zero-order valence-electron chi connectivity index (χ0n) is 34.7. The molecule has 7 aliphatic rings. The standard InChI is InChI=1S/C42H57N11O6S/c1-27-5-3-6-31(27)53-37-30(42(15-16-42)39(53)56)25-43-40(46-37)44-29-13-19-50(20-14-29)60(58,59)51-23-21-48(22-24-51)26-28-11-17-49(18-12-28)32-7-4-8-33-36(32)47(2)41(57)52(33)34-9-10-35(54)45-38(34)55/h4,7-8,25,27-29,31,34H,3,5-6,9-24,26H2,1-2H3,(H,43,44,46)(H,45,54,55). The van der Waals surface area contributed by atoms with E-state index in [0.717, 1.165) is 87.2 Å². The van der Waals surface area contributed by atoms with Crippen molar-refractivity contribution in [1.29, 1.82) is 0 Å². The van der Waals surface area contributed by atoms with E-state index in [2.05, 4.69) is 32.3 Å². The molecule has 10 rings (SSSR count). The molecule has 2 aromatic heterocycles. The van der Waals surface area contributed by atoms with E-state index in [-0.39, 0.29) is 36.0 Å². The number of hydrogen-bond acceptors (Lipinski definition) is 11. The normalized spacial score (nSPS) is 27.3. The number of carbonyl (C=O) groups excluding carboxylic acids is 3. The third-order valence-corrected chi connectivity index (χ3v) is 16.9. The van der Waals surface area contributed by atoms with Gasteiger partial charge in [0.1, 0.15) is 11.9 Å². The van der Waals surface area contributed by atoms with Gasteiger partial charge in [0.25, 0.3) is 10.2 Å². The van der Waals surface area contributed by atoms with Crippen LogP contribution in [0.15, 0.2) is 29.2 Å². The van der Waals surface area contributed by atoms with Crippen LogP contribution >= 0.6 is 0 Å².